The Labute approximate surface area is 301 Å². The van der Waals surface area contributed by atoms with Gasteiger partial charge in [-0.3, -0.25) is 9.59 Å². The Morgan fingerprint density at radius 1 is 0.471 bits per heavy atom. The summed E-state index contributed by atoms with van der Waals surface area (Å²) < 4.78 is 7.01. The summed E-state index contributed by atoms with van der Waals surface area (Å²) >= 11 is 0. The van der Waals surface area contributed by atoms with Crippen LogP contribution in [0.1, 0.15) is 78.0 Å². The fourth-order valence-corrected chi connectivity index (χ4v) is 7.15. The van der Waals surface area contributed by atoms with Crippen molar-refractivity contribution < 1.29 is 14.0 Å². The molecule has 0 amide bonds. The minimum atomic E-state index is -0.339. The highest BCUT2D eigenvalue weighted by Crippen LogP contribution is 2.42. The first kappa shape index (κ1) is 33.9. The van der Waals surface area contributed by atoms with Crippen LogP contribution in [0.15, 0.2) is 159 Å². The van der Waals surface area contributed by atoms with Crippen molar-refractivity contribution in [2.75, 3.05) is 0 Å². The molecule has 0 saturated heterocycles. The van der Waals surface area contributed by atoms with Crippen molar-refractivity contribution in [2.24, 2.45) is 10.8 Å². The number of furan rings is 1. The Morgan fingerprint density at radius 2 is 0.843 bits per heavy atom. The highest BCUT2D eigenvalue weighted by Gasteiger charge is 2.31. The van der Waals surface area contributed by atoms with Gasteiger partial charge in [0.2, 0.25) is 0 Å². The number of benzene rings is 4. The van der Waals surface area contributed by atoms with Crippen LogP contribution in [0.2, 0.25) is 0 Å². The van der Waals surface area contributed by atoms with Gasteiger partial charge in [0, 0.05) is 22.3 Å². The fraction of sp³-hybridized carbons (Fsp3) is 0.208. The molecule has 0 atom stereocenters. The van der Waals surface area contributed by atoms with E-state index in [1.165, 1.54) is 0 Å². The van der Waals surface area contributed by atoms with Gasteiger partial charge in [0.1, 0.15) is 11.5 Å². The lowest BCUT2D eigenvalue weighted by Crippen LogP contribution is -2.21. The molecule has 2 aliphatic rings. The van der Waals surface area contributed by atoms with Crippen LogP contribution >= 0.6 is 0 Å². The molecule has 0 N–H and O–H groups in total. The number of carbonyl (C=O) groups excluding carboxylic acids is 2. The average molecular weight is 669 g/mol. The van der Waals surface area contributed by atoms with E-state index in [2.05, 4.69) is 114 Å². The van der Waals surface area contributed by atoms with Crippen molar-refractivity contribution in [3.8, 4) is 0 Å². The van der Waals surface area contributed by atoms with E-state index in [4.69, 9.17) is 4.42 Å². The summed E-state index contributed by atoms with van der Waals surface area (Å²) in [5, 5.41) is 4.56. The van der Waals surface area contributed by atoms with Crippen LogP contribution in [0.4, 0.5) is 0 Å². The topological polar surface area (TPSA) is 47.3 Å². The third kappa shape index (κ3) is 6.45. The van der Waals surface area contributed by atoms with Gasteiger partial charge in [0.15, 0.2) is 11.6 Å². The number of ketones is 2. The zero-order chi connectivity index (χ0) is 36.2. The van der Waals surface area contributed by atoms with E-state index >= 15 is 0 Å². The van der Waals surface area contributed by atoms with Gasteiger partial charge >= 0.3 is 0 Å². The highest BCUT2D eigenvalue weighted by molar-refractivity contribution is 6.12. The van der Waals surface area contributed by atoms with Crippen LogP contribution in [0.3, 0.4) is 0 Å². The molecule has 4 aromatic carbocycles. The summed E-state index contributed by atoms with van der Waals surface area (Å²) in [5.74, 6) is 1.54. The number of hydrogen-bond donors (Lipinski definition) is 0. The van der Waals surface area contributed by atoms with Crippen molar-refractivity contribution in [3.63, 3.8) is 0 Å². The molecule has 0 bridgehead atoms. The maximum Gasteiger partial charge on any atom is 0.185 e. The largest absolute Gasteiger partial charge is 0.456 e. The van der Waals surface area contributed by atoms with E-state index in [0.29, 0.717) is 22.7 Å². The molecule has 1 heterocycles. The predicted molar refractivity (Wildman–Crippen MR) is 211 cm³/mol. The smallest absolute Gasteiger partial charge is 0.185 e. The third-order valence-corrected chi connectivity index (χ3v) is 9.92. The molecule has 0 fully saturated rings. The number of carbonyl (C=O) groups is 2. The van der Waals surface area contributed by atoms with Gasteiger partial charge in [0.25, 0.3) is 0 Å². The summed E-state index contributed by atoms with van der Waals surface area (Å²) in [6.07, 6.45) is 8.07. The maximum atomic E-state index is 13.4. The SMILES string of the molecule is CC1=C/C(=C(\c2ccc3ccccc3c2)c2ccc(/C(=C3/C=C(C)C(=O)C(C(C)(C)C)=C3)c3ccc4ccccc4c3)o2)C=C(C(C)(C)C)C1=O. The minimum Gasteiger partial charge on any atom is -0.456 e. The van der Waals surface area contributed by atoms with Gasteiger partial charge in [-0.15, -0.1) is 0 Å². The van der Waals surface area contributed by atoms with Gasteiger partial charge in [-0.2, -0.15) is 0 Å². The molecule has 7 rings (SSSR count). The summed E-state index contributed by atoms with van der Waals surface area (Å²) in [5.41, 5.74) is 7.97. The van der Waals surface area contributed by atoms with Crippen LogP contribution in [0.5, 0.6) is 0 Å². The lowest BCUT2D eigenvalue weighted by molar-refractivity contribution is -0.113. The van der Waals surface area contributed by atoms with Gasteiger partial charge in [-0.05, 0) is 128 Å². The quantitative estimate of drug-likeness (QED) is 0.191. The van der Waals surface area contributed by atoms with Crippen molar-refractivity contribution in [1.82, 2.24) is 0 Å². The number of rotatable bonds is 4. The second kappa shape index (κ2) is 12.7. The molecule has 254 valence electrons. The summed E-state index contributed by atoms with van der Waals surface area (Å²) in [6, 6.07) is 33.7. The molecule has 0 spiro atoms. The molecule has 5 aromatic rings. The molecule has 0 radical (unpaired) electrons. The summed E-state index contributed by atoms with van der Waals surface area (Å²) in [6.45, 7) is 16.3. The fourth-order valence-electron chi connectivity index (χ4n) is 7.15. The molecule has 0 unspecified atom stereocenters. The Kier molecular flexibility index (Phi) is 8.42. The Hall–Kier alpha value is -5.54. The van der Waals surface area contributed by atoms with Crippen molar-refractivity contribution in [3.05, 3.63) is 177 Å². The molecule has 1 aromatic heterocycles. The average Bonchev–Trinajstić information content (AvgIpc) is 3.55. The Morgan fingerprint density at radius 3 is 1.22 bits per heavy atom. The Bertz CT molecular complexity index is 2290. The molecule has 2 aliphatic carbocycles. The first-order valence-corrected chi connectivity index (χ1v) is 17.7. The molecule has 0 saturated carbocycles. The molecule has 3 nitrogen and oxygen atoms in total. The van der Waals surface area contributed by atoms with Gasteiger partial charge in [0.05, 0.1) is 0 Å². The van der Waals surface area contributed by atoms with Crippen LogP contribution in [0, 0.1) is 10.8 Å². The molecular formula is C48H44O3. The zero-order valence-corrected chi connectivity index (χ0v) is 30.8. The van der Waals surface area contributed by atoms with E-state index in [1.807, 2.05) is 62.4 Å². The van der Waals surface area contributed by atoms with E-state index in [0.717, 1.165) is 66.1 Å². The predicted octanol–water partition coefficient (Wildman–Crippen LogP) is 12.2. The van der Waals surface area contributed by atoms with Crippen LogP contribution in [-0.4, -0.2) is 11.6 Å². The van der Waals surface area contributed by atoms with Gasteiger partial charge in [-0.25, -0.2) is 0 Å². The second-order valence-corrected chi connectivity index (χ2v) is 15.9. The van der Waals surface area contributed by atoms with Gasteiger partial charge < -0.3 is 4.42 Å². The van der Waals surface area contributed by atoms with E-state index in [-0.39, 0.29) is 22.4 Å². The van der Waals surface area contributed by atoms with Crippen molar-refractivity contribution >= 4 is 44.3 Å². The molecular weight excluding hydrogens is 625 g/mol. The summed E-state index contributed by atoms with van der Waals surface area (Å²) in [4.78, 5) is 26.9. The number of hydrogen-bond acceptors (Lipinski definition) is 3. The molecule has 0 aliphatic heterocycles. The number of allylic oxidation sites excluding steroid dienone is 10. The lowest BCUT2D eigenvalue weighted by atomic mass is 9.77. The van der Waals surface area contributed by atoms with Crippen LogP contribution in [0.25, 0.3) is 32.7 Å². The highest BCUT2D eigenvalue weighted by atomic mass is 16.3. The molecule has 3 heteroatoms. The zero-order valence-electron chi connectivity index (χ0n) is 30.8. The second-order valence-electron chi connectivity index (χ2n) is 15.9. The van der Waals surface area contributed by atoms with Crippen molar-refractivity contribution in [2.45, 2.75) is 55.4 Å². The standard InChI is InChI=1S/C48H44O3/c1-29-23-37(27-39(45(29)49)47(3,4)5)43(35-19-17-31-13-9-11-15-33(31)25-35)41-21-22-42(51-41)44(36-20-18-32-14-10-12-16-34(32)26-36)38-24-30(2)46(50)40(28-38)48(6,7)8/h9-28H,1-8H3/b43-37-,44-38-. The Balaban J connectivity index is 1.51. The first-order valence-electron chi connectivity index (χ1n) is 17.7. The third-order valence-electron chi connectivity index (χ3n) is 9.92. The maximum absolute atomic E-state index is 13.4. The van der Waals surface area contributed by atoms with Crippen LogP contribution in [-0.2, 0) is 9.59 Å². The van der Waals surface area contributed by atoms with Crippen LogP contribution < -0.4 is 0 Å². The van der Waals surface area contributed by atoms with Gasteiger partial charge in [-0.1, -0.05) is 114 Å². The normalized spacial score (nSPS) is 17.6. The minimum absolute atomic E-state index is 0.0722. The number of Topliss-reactive ketones (excluding diaryl/α,β-unsaturated/α-hetero) is 2. The number of fused-ring (bicyclic) bond motifs is 2. The first-order chi connectivity index (χ1) is 24.2. The molecule has 51 heavy (non-hydrogen) atoms. The van der Waals surface area contributed by atoms with E-state index < -0.39 is 0 Å². The van der Waals surface area contributed by atoms with E-state index in [9.17, 15) is 9.59 Å². The lowest BCUT2D eigenvalue weighted by Gasteiger charge is -2.26. The van der Waals surface area contributed by atoms with Crippen molar-refractivity contribution in [1.29, 1.82) is 0 Å². The summed E-state index contributed by atoms with van der Waals surface area (Å²) in [7, 11) is 0. The van der Waals surface area contributed by atoms with E-state index in [1.54, 1.807) is 0 Å². The monoisotopic (exact) mass is 668 g/mol.